The Bertz CT molecular complexity index is 506. The number of benzene rings is 1. The minimum Gasteiger partial charge on any atom is -0.378 e. The van der Waals surface area contributed by atoms with Gasteiger partial charge in [0.15, 0.2) is 0 Å². The average Bonchev–Trinajstić information content (AvgIpc) is 3.01. The van der Waals surface area contributed by atoms with Crippen LogP contribution in [0.4, 0.5) is 0 Å². The van der Waals surface area contributed by atoms with Crippen LogP contribution in [0.5, 0.6) is 0 Å². The molecule has 0 amide bonds. The largest absolute Gasteiger partial charge is 0.378 e. The van der Waals surface area contributed by atoms with E-state index in [1.807, 2.05) is 0 Å². The summed E-state index contributed by atoms with van der Waals surface area (Å²) < 4.78 is 0. The topological polar surface area (TPSA) is 12.0 Å². The van der Waals surface area contributed by atoms with Crippen LogP contribution >= 0.6 is 10.0 Å². The quantitative estimate of drug-likeness (QED) is 0.822. The first-order valence-electron chi connectivity index (χ1n) is 6.70. The minimum atomic E-state index is -0.0854. The van der Waals surface area contributed by atoms with Crippen molar-refractivity contribution in [2.75, 3.05) is 23.0 Å². The molecule has 18 heavy (non-hydrogen) atoms. The molecule has 0 aromatic heterocycles. The summed E-state index contributed by atoms with van der Waals surface area (Å²) in [6.07, 6.45) is 0. The fourth-order valence-electron chi connectivity index (χ4n) is 3.15. The maximum atomic E-state index is 4.23. The van der Waals surface area contributed by atoms with Crippen LogP contribution in [0.15, 0.2) is 24.8 Å². The van der Waals surface area contributed by atoms with Gasteiger partial charge in [0.05, 0.1) is 0 Å². The molecule has 1 aromatic carbocycles. The first-order valence-corrected chi connectivity index (χ1v) is 9.01. The fourth-order valence-corrected chi connectivity index (χ4v) is 7.44. The summed E-state index contributed by atoms with van der Waals surface area (Å²) in [5, 5.41) is 3.68. The summed E-state index contributed by atoms with van der Waals surface area (Å²) >= 11 is 0. The highest BCUT2D eigenvalue weighted by Gasteiger charge is 2.54. The first-order chi connectivity index (χ1) is 8.41. The van der Waals surface area contributed by atoms with Crippen molar-refractivity contribution >= 4 is 15.7 Å². The van der Waals surface area contributed by atoms with Gasteiger partial charge in [0.25, 0.3) is 0 Å². The summed E-state index contributed by atoms with van der Waals surface area (Å²) in [4.78, 5) is 0. The molecule has 1 nitrogen and oxygen atoms in total. The molecule has 0 aliphatic carbocycles. The van der Waals surface area contributed by atoms with Crippen LogP contribution < -0.4 is 5.32 Å². The van der Waals surface area contributed by atoms with Gasteiger partial charge in [-0.1, -0.05) is 18.7 Å². The highest BCUT2D eigenvalue weighted by atomic mass is 32.3. The molecule has 2 aliphatic rings. The number of hydrogen-bond donors (Lipinski definition) is 1. The number of nitrogens with one attached hydrogen (secondary N) is 1. The van der Waals surface area contributed by atoms with Gasteiger partial charge in [0.1, 0.15) is 0 Å². The molecule has 2 aliphatic heterocycles. The predicted molar refractivity (Wildman–Crippen MR) is 83.5 cm³/mol. The van der Waals surface area contributed by atoms with Crippen LogP contribution in [0.2, 0.25) is 0 Å². The molecule has 2 saturated heterocycles. The summed E-state index contributed by atoms with van der Waals surface area (Å²) in [6, 6.07) is 6.61. The molecule has 1 spiro atoms. The Labute approximate surface area is 112 Å². The van der Waals surface area contributed by atoms with E-state index in [1.165, 1.54) is 39.7 Å². The lowest BCUT2D eigenvalue weighted by Gasteiger charge is -2.50. The lowest BCUT2D eigenvalue weighted by Crippen LogP contribution is -2.56. The van der Waals surface area contributed by atoms with E-state index in [0.29, 0.717) is 5.54 Å². The van der Waals surface area contributed by atoms with Crippen LogP contribution in [0, 0.1) is 13.8 Å². The van der Waals surface area contributed by atoms with Gasteiger partial charge < -0.3 is 5.32 Å². The van der Waals surface area contributed by atoms with Gasteiger partial charge >= 0.3 is 0 Å². The maximum absolute atomic E-state index is 4.23. The van der Waals surface area contributed by atoms with E-state index < -0.39 is 0 Å². The van der Waals surface area contributed by atoms with Crippen molar-refractivity contribution in [3.63, 3.8) is 0 Å². The Balaban J connectivity index is 1.69. The number of aryl methyl sites for hydroxylation is 2. The van der Waals surface area contributed by atoms with Crippen LogP contribution in [0.3, 0.4) is 0 Å². The smallest absolute Gasteiger partial charge is 0.0496 e. The van der Waals surface area contributed by atoms with Gasteiger partial charge in [-0.3, -0.25) is 0 Å². The summed E-state index contributed by atoms with van der Waals surface area (Å²) in [5.41, 5.74) is 5.35. The molecule has 0 unspecified atom stereocenters. The normalized spacial score (nSPS) is 24.2. The maximum Gasteiger partial charge on any atom is 0.0496 e. The van der Waals surface area contributed by atoms with E-state index in [1.54, 1.807) is 0 Å². The molecule has 3 rings (SSSR count). The summed E-state index contributed by atoms with van der Waals surface area (Å²) in [6.45, 7) is 10.9. The van der Waals surface area contributed by atoms with Crippen molar-refractivity contribution in [3.8, 4) is 0 Å². The van der Waals surface area contributed by atoms with Gasteiger partial charge in [-0.25, -0.2) is 10.0 Å². The second-order valence-electron chi connectivity index (χ2n) is 6.38. The van der Waals surface area contributed by atoms with Crippen molar-refractivity contribution in [1.82, 2.24) is 5.32 Å². The average molecular weight is 261 g/mol. The predicted octanol–water partition coefficient (Wildman–Crippen LogP) is 3.45. The second kappa shape index (κ2) is 3.80. The second-order valence-corrected chi connectivity index (χ2v) is 10.2. The molecular weight excluding hydrogens is 238 g/mol. The lowest BCUT2D eigenvalue weighted by molar-refractivity contribution is 0.489. The van der Waals surface area contributed by atoms with E-state index in [0.717, 1.165) is 5.70 Å². The van der Waals surface area contributed by atoms with E-state index >= 15 is 0 Å². The monoisotopic (exact) mass is 261 g/mol. The highest BCUT2D eigenvalue weighted by molar-refractivity contribution is 8.40. The first kappa shape index (κ1) is 12.2. The third kappa shape index (κ3) is 2.07. The molecule has 1 N–H and O–H groups in total. The molecule has 2 heteroatoms. The van der Waals surface area contributed by atoms with Crippen molar-refractivity contribution < 1.29 is 0 Å². The zero-order valence-electron chi connectivity index (χ0n) is 11.7. The van der Waals surface area contributed by atoms with Crippen molar-refractivity contribution in [3.05, 3.63) is 41.5 Å². The fraction of sp³-hybridized carbons (Fsp3) is 0.500. The minimum absolute atomic E-state index is 0.0854. The van der Waals surface area contributed by atoms with Gasteiger partial charge in [-0.2, -0.15) is 0 Å². The summed E-state index contributed by atoms with van der Waals surface area (Å²) in [5.74, 6) is 5.87. The van der Waals surface area contributed by atoms with Crippen LogP contribution in [-0.2, 0) is 0 Å². The molecule has 1 aromatic rings. The van der Waals surface area contributed by atoms with E-state index in [2.05, 4.69) is 50.9 Å². The van der Waals surface area contributed by atoms with Crippen molar-refractivity contribution in [2.45, 2.75) is 26.3 Å². The highest BCUT2D eigenvalue weighted by Crippen LogP contribution is 2.71. The third-order valence-electron chi connectivity index (χ3n) is 4.34. The Kier molecular flexibility index (Phi) is 2.57. The molecule has 0 bridgehead atoms. The van der Waals surface area contributed by atoms with Gasteiger partial charge in [0.2, 0.25) is 0 Å². The van der Waals surface area contributed by atoms with Crippen LogP contribution in [0.1, 0.15) is 23.6 Å². The molecule has 2 fully saturated rings. The van der Waals surface area contributed by atoms with Gasteiger partial charge in [-0.15, -0.1) is 0 Å². The lowest BCUT2D eigenvalue weighted by atomic mass is 10.0. The Morgan fingerprint density at radius 2 is 1.89 bits per heavy atom. The number of rotatable bonds is 3. The van der Waals surface area contributed by atoms with E-state index in [4.69, 9.17) is 0 Å². The molecule has 0 radical (unpaired) electrons. The van der Waals surface area contributed by atoms with E-state index in [9.17, 15) is 0 Å². The Hall–Kier alpha value is -0.890. The van der Waals surface area contributed by atoms with Crippen LogP contribution in [0.25, 0.3) is 5.70 Å². The Morgan fingerprint density at radius 3 is 2.44 bits per heavy atom. The third-order valence-corrected chi connectivity index (χ3v) is 8.40. The zero-order valence-corrected chi connectivity index (χ0v) is 12.5. The molecule has 0 saturated carbocycles. The zero-order chi connectivity index (χ0) is 13.0. The van der Waals surface area contributed by atoms with Crippen molar-refractivity contribution in [2.24, 2.45) is 0 Å². The Morgan fingerprint density at radius 1 is 1.22 bits per heavy atom. The molecule has 0 atom stereocenters. The molecule has 98 valence electrons. The summed E-state index contributed by atoms with van der Waals surface area (Å²) in [7, 11) is -0.0854. The number of hydrogen-bond acceptors (Lipinski definition) is 1. The van der Waals surface area contributed by atoms with Crippen LogP contribution in [-0.4, -0.2) is 28.6 Å². The molecule has 2 heterocycles. The molecular formula is C16H23NS. The van der Waals surface area contributed by atoms with Gasteiger partial charge in [0, 0.05) is 22.7 Å². The van der Waals surface area contributed by atoms with Crippen molar-refractivity contribution in [1.29, 1.82) is 0 Å². The van der Waals surface area contributed by atoms with E-state index in [-0.39, 0.29) is 10.0 Å². The standard InChI is InChI=1S/C16H23NS/c1-12-5-6-15(9-13(12)2)14(3)17-16(4)10-18(11-16)7-8-18/h5-6,9,17H,3,7-8,10-11H2,1-2,4H3. The van der Waals surface area contributed by atoms with Gasteiger partial charge in [-0.05, 0) is 55.0 Å². The SMILES string of the molecule is C=C(NC1(C)CS2(CC2)C1)c1ccc(C)c(C)c1.